The van der Waals surface area contributed by atoms with Crippen LogP contribution in [0.4, 0.5) is 16.2 Å². The van der Waals surface area contributed by atoms with E-state index in [0.29, 0.717) is 28.0 Å². The Kier molecular flexibility index (Phi) is 17.0. The van der Waals surface area contributed by atoms with Gasteiger partial charge < -0.3 is 44.7 Å². The van der Waals surface area contributed by atoms with Crippen LogP contribution in [0.25, 0.3) is 16.4 Å². The van der Waals surface area contributed by atoms with E-state index in [1.807, 2.05) is 59.7 Å². The highest BCUT2D eigenvalue weighted by atomic mass is 35.5. The van der Waals surface area contributed by atoms with Crippen molar-refractivity contribution in [3.8, 4) is 11.5 Å². The molecule has 5 aromatic rings. The summed E-state index contributed by atoms with van der Waals surface area (Å²) in [5.74, 6) is -2.43. The summed E-state index contributed by atoms with van der Waals surface area (Å²) in [6.45, 7) is 13.3. The number of likely N-dealkylation sites (N-methyl/N-ethyl adjacent to an activating group) is 1. The molecule has 1 saturated heterocycles. The van der Waals surface area contributed by atoms with Gasteiger partial charge in [-0.1, -0.05) is 52.8 Å². The minimum absolute atomic E-state index is 0.00935. The number of carbonyl (C=O) groups excluding carboxylic acids is 7. The van der Waals surface area contributed by atoms with Crippen molar-refractivity contribution in [2.45, 2.75) is 72.9 Å². The molecule has 2 aliphatic rings. The molecule has 1 fully saturated rings. The van der Waals surface area contributed by atoms with Crippen LogP contribution < -0.4 is 25.6 Å². The summed E-state index contributed by atoms with van der Waals surface area (Å²) >= 11 is 6.65. The van der Waals surface area contributed by atoms with Crippen molar-refractivity contribution in [1.82, 2.24) is 34.7 Å². The van der Waals surface area contributed by atoms with Crippen molar-refractivity contribution in [3.05, 3.63) is 95.4 Å². The second-order valence-electron chi connectivity index (χ2n) is 20.5. The number of phenolic OH excluding ortho intramolecular Hbond substituents is 1. The van der Waals surface area contributed by atoms with Gasteiger partial charge in [-0.15, -0.1) is 11.6 Å². The second-order valence-corrected chi connectivity index (χ2v) is 20.8. The lowest BCUT2D eigenvalue weighted by atomic mass is 9.80. The maximum atomic E-state index is 14.6. The van der Waals surface area contributed by atoms with Crippen LogP contribution in [0.1, 0.15) is 85.9 Å². The van der Waals surface area contributed by atoms with Crippen molar-refractivity contribution in [2.75, 3.05) is 76.1 Å². The van der Waals surface area contributed by atoms with Gasteiger partial charge in [-0.2, -0.15) is 0 Å². The average Bonchev–Trinajstić information content (AvgIpc) is 4.02. The van der Waals surface area contributed by atoms with Gasteiger partial charge in [0.2, 0.25) is 23.6 Å². The Balaban J connectivity index is 1.11. The van der Waals surface area contributed by atoms with Crippen LogP contribution >= 0.6 is 11.6 Å². The number of ether oxygens (including phenoxy) is 2. The largest absolute Gasteiger partial charge is 0.508 e. The Morgan fingerprint density at radius 1 is 0.946 bits per heavy atom. The number of alkyl halides is 1. The first kappa shape index (κ1) is 54.7. The molecule has 0 spiro atoms. The molecule has 0 radical (unpaired) electrons. The van der Waals surface area contributed by atoms with E-state index in [0.717, 1.165) is 16.5 Å². The van der Waals surface area contributed by atoms with Crippen LogP contribution in [0.15, 0.2) is 73.1 Å². The third-order valence-electron chi connectivity index (χ3n) is 13.5. The minimum atomic E-state index is -0.881. The van der Waals surface area contributed by atoms with Crippen LogP contribution in [0.2, 0.25) is 0 Å². The number of rotatable bonds is 19. The quantitative estimate of drug-likeness (QED) is 0.0414. The predicted octanol–water partition coefficient (Wildman–Crippen LogP) is 6.18. The molecular weight excluding hydrogens is 970 g/mol. The number of anilines is 2. The van der Waals surface area contributed by atoms with Gasteiger partial charge in [0.25, 0.3) is 11.8 Å². The highest BCUT2D eigenvalue weighted by Crippen LogP contribution is 2.47. The number of nitrogens with one attached hydrogen (secondary N) is 3. The number of aromatic hydroxyl groups is 1. The lowest BCUT2D eigenvalue weighted by Crippen LogP contribution is -2.53. The molecule has 3 aromatic carbocycles. The Morgan fingerprint density at radius 3 is 2.34 bits per heavy atom. The maximum absolute atomic E-state index is 14.6. The van der Waals surface area contributed by atoms with Crippen molar-refractivity contribution in [3.63, 3.8) is 0 Å². The van der Waals surface area contributed by atoms with Gasteiger partial charge in [0, 0.05) is 73.8 Å². The highest BCUT2D eigenvalue weighted by molar-refractivity contribution is 6.19. The Labute approximate surface area is 435 Å². The van der Waals surface area contributed by atoms with Gasteiger partial charge in [0.1, 0.15) is 28.9 Å². The first-order chi connectivity index (χ1) is 35.1. The minimum Gasteiger partial charge on any atom is -0.508 e. The van der Waals surface area contributed by atoms with Crippen molar-refractivity contribution in [2.24, 2.45) is 17.3 Å². The third-order valence-corrected chi connectivity index (χ3v) is 13.9. The number of hydrogen-bond acceptors (Lipinski definition) is 12. The molecule has 20 heteroatoms. The zero-order valence-electron chi connectivity index (χ0n) is 43.4. The third kappa shape index (κ3) is 12.1. The summed E-state index contributed by atoms with van der Waals surface area (Å²) in [5, 5.41) is 19.4. The average molecular weight is 1040 g/mol. The molecule has 74 heavy (non-hydrogen) atoms. The number of halogens is 1. The monoisotopic (exact) mass is 1040 g/mol. The highest BCUT2D eigenvalue weighted by Gasteiger charge is 2.44. The standard InChI is InChI=1S/C54H66ClN9O10/c1-31(2)47(60(8)9)50(69)57-33(4)48(67)56-19-20-61(21-23-73-24-22-63-44(66)25-39(51(63)70)54(5,6)7)53(72)74-42-26-41-46(45-32(3)11-10-12-38(42)45)35(27-55)28-64(41)52(71)40-30-62-29-36(15-18-43(62)59-40)58-49(68)34-13-16-37(65)17-14-34/h10-18,26,29-31,33,35,39,47,65H,19-25,27-28H2,1-9H3,(H,56,67)(H,57,69)(H,58,68)/t33-,35+,39?,47-/m0/s1. The normalized spacial score (nSPS) is 16.5. The van der Waals surface area contributed by atoms with Crippen LogP contribution in [0.5, 0.6) is 11.5 Å². The second kappa shape index (κ2) is 23.0. The van der Waals surface area contributed by atoms with Gasteiger partial charge in [-0.25, -0.2) is 9.78 Å². The molecule has 0 bridgehead atoms. The fourth-order valence-corrected chi connectivity index (χ4v) is 9.91. The lowest BCUT2D eigenvalue weighted by Gasteiger charge is -2.28. The number of nitrogens with zero attached hydrogens (tertiary/aromatic N) is 6. The molecule has 19 nitrogen and oxygen atoms in total. The van der Waals surface area contributed by atoms with Crippen molar-refractivity contribution in [1.29, 1.82) is 0 Å². The number of amides is 7. The fourth-order valence-electron chi connectivity index (χ4n) is 9.66. The molecule has 2 aliphatic heterocycles. The number of fused-ring (bicyclic) bond motifs is 4. The molecule has 0 aliphatic carbocycles. The summed E-state index contributed by atoms with van der Waals surface area (Å²) in [5.41, 5.74) is 3.12. The number of imide groups is 1. The maximum Gasteiger partial charge on any atom is 0.415 e. The summed E-state index contributed by atoms with van der Waals surface area (Å²) < 4.78 is 13.8. The van der Waals surface area contributed by atoms with Gasteiger partial charge in [-0.3, -0.25) is 38.6 Å². The van der Waals surface area contributed by atoms with E-state index in [1.54, 1.807) is 65.8 Å². The molecule has 7 rings (SSSR count). The summed E-state index contributed by atoms with van der Waals surface area (Å²) in [6.07, 6.45) is 2.55. The molecule has 394 valence electrons. The van der Waals surface area contributed by atoms with Crippen LogP contribution in [-0.4, -0.2) is 149 Å². The summed E-state index contributed by atoms with van der Waals surface area (Å²) in [7, 11) is 3.59. The Bertz CT molecular complexity index is 2940. The number of benzene rings is 3. The SMILES string of the molecule is Cc1cccc2c(OC(=O)N(CCNC(=O)[C@H](C)NC(=O)[C@H](C(C)C)N(C)C)CCOCCN3C(=O)CC(C(C)(C)C)C3=O)cc3c(c12)[C@H](CCl)CN3C(=O)c1cn2cc(NC(=O)c3ccc(O)cc3)ccc2n1. The molecule has 4 N–H and O–H groups in total. The van der Waals surface area contributed by atoms with Crippen LogP contribution in [-0.2, 0) is 23.9 Å². The van der Waals surface area contributed by atoms with E-state index < -0.39 is 41.8 Å². The number of aryl methyl sites for hydroxylation is 1. The fraction of sp³-hybridized carbons (Fsp3) is 0.444. The van der Waals surface area contributed by atoms with E-state index in [-0.39, 0.29) is 110 Å². The number of imidazole rings is 1. The molecule has 1 unspecified atom stereocenters. The zero-order valence-corrected chi connectivity index (χ0v) is 44.1. The number of likely N-dealkylation sites (tertiary alicyclic amines) is 1. The number of carbonyl (C=O) groups is 7. The number of hydrogen-bond donors (Lipinski definition) is 4. The van der Waals surface area contributed by atoms with Gasteiger partial charge in [0.15, 0.2) is 0 Å². The van der Waals surface area contributed by atoms with Crippen molar-refractivity contribution < 1.29 is 48.1 Å². The van der Waals surface area contributed by atoms with Crippen LogP contribution in [0, 0.1) is 24.2 Å². The van der Waals surface area contributed by atoms with Crippen molar-refractivity contribution >= 4 is 80.9 Å². The first-order valence-corrected chi connectivity index (χ1v) is 25.3. The molecule has 4 atom stereocenters. The van der Waals surface area contributed by atoms with Gasteiger partial charge >= 0.3 is 6.09 Å². The predicted molar refractivity (Wildman–Crippen MR) is 281 cm³/mol. The smallest absolute Gasteiger partial charge is 0.415 e. The molecule has 4 heterocycles. The van der Waals surface area contributed by atoms with Crippen LogP contribution in [0.3, 0.4) is 0 Å². The Hall–Kier alpha value is -7.09. The van der Waals surface area contributed by atoms with Gasteiger partial charge in [-0.05, 0) is 92.2 Å². The Morgan fingerprint density at radius 2 is 1.68 bits per heavy atom. The van der Waals surface area contributed by atoms with E-state index in [9.17, 15) is 38.7 Å². The molecule has 7 amide bonds. The molecule has 0 saturated carbocycles. The van der Waals surface area contributed by atoms with E-state index in [2.05, 4.69) is 20.9 Å². The van der Waals surface area contributed by atoms with Gasteiger partial charge in [0.05, 0.1) is 43.1 Å². The first-order valence-electron chi connectivity index (χ1n) is 24.7. The number of phenols is 1. The number of aromatic nitrogens is 2. The van der Waals surface area contributed by atoms with E-state index >= 15 is 0 Å². The zero-order chi connectivity index (χ0) is 53.8. The molecular formula is C54H66ClN9O10. The van der Waals surface area contributed by atoms with E-state index in [4.69, 9.17) is 21.1 Å². The summed E-state index contributed by atoms with van der Waals surface area (Å²) in [4.78, 5) is 105. The molecule has 2 aromatic heterocycles. The topological polar surface area (TPSA) is 225 Å². The summed E-state index contributed by atoms with van der Waals surface area (Å²) in [6, 6.07) is 15.1. The number of pyridine rings is 1. The lowest BCUT2D eigenvalue weighted by molar-refractivity contribution is -0.141. The van der Waals surface area contributed by atoms with E-state index in [1.165, 1.54) is 34.1 Å².